The number of carboxylic acid groups (broad SMARTS) is 1. The standard InChI is InChI=1S/C46H59N7O6/c1-45(2,3)39(51-43(57)58)41(55)49-35(26-31-18-20-33(21-19-31)36-17-10-11-22-48-36)28-38(54)37(27-30-13-8-7-9-14-30)50-42(56)40(46(4,5)6)53-24-23-52(44(53)59)29-32-15-12-16-34(47)25-32/h7-22,25,35,37-40,51,54H,23-24,26-29,47H2,1-6H3,(H,49,55)(H,50,56)(H,57,58)/t35-,37-,38-,39+,40+/m0/s1. The zero-order chi connectivity index (χ0) is 42.9. The van der Waals surface area contributed by atoms with E-state index in [2.05, 4.69) is 20.9 Å². The first-order valence-corrected chi connectivity index (χ1v) is 20.1. The fraction of sp³-hybridized carbons (Fsp3) is 0.413. The number of anilines is 1. The van der Waals surface area contributed by atoms with Crippen LogP contribution in [-0.2, 0) is 29.0 Å². The summed E-state index contributed by atoms with van der Waals surface area (Å²) in [5, 5.41) is 30.3. The molecule has 13 nitrogen and oxygen atoms in total. The van der Waals surface area contributed by atoms with Crippen LogP contribution in [0.3, 0.4) is 0 Å². The minimum Gasteiger partial charge on any atom is -0.465 e. The lowest BCUT2D eigenvalue weighted by molar-refractivity contribution is -0.131. The number of benzene rings is 3. The third-order valence-corrected chi connectivity index (χ3v) is 10.6. The van der Waals surface area contributed by atoms with Crippen LogP contribution in [-0.4, -0.2) is 92.3 Å². The molecule has 59 heavy (non-hydrogen) atoms. The largest absolute Gasteiger partial charge is 0.465 e. The van der Waals surface area contributed by atoms with Crippen molar-refractivity contribution in [3.05, 3.63) is 120 Å². The second kappa shape index (κ2) is 19.2. The zero-order valence-corrected chi connectivity index (χ0v) is 34.9. The molecule has 0 radical (unpaired) electrons. The summed E-state index contributed by atoms with van der Waals surface area (Å²) in [6.07, 6.45) is -0.187. The average Bonchev–Trinajstić information content (AvgIpc) is 3.51. The number of nitrogen functional groups attached to an aromatic ring is 1. The SMILES string of the molecule is CC(C)(C)[C@H](NC(=O)O)C(=O)N[C@@H](Cc1ccc(-c2ccccn2)cc1)C[C@H](O)[C@H](Cc1ccccc1)NC(=O)[C@@H](N1CCN(Cc2cccc(N)c2)C1=O)C(C)(C)C. The first-order chi connectivity index (χ1) is 27.9. The van der Waals surface area contributed by atoms with Crippen LogP contribution in [0.2, 0.25) is 0 Å². The van der Waals surface area contributed by atoms with E-state index >= 15 is 0 Å². The topological polar surface area (TPSA) is 190 Å². The quantitative estimate of drug-likeness (QED) is 0.0758. The summed E-state index contributed by atoms with van der Waals surface area (Å²) in [6, 6.07) is 26.6. The van der Waals surface area contributed by atoms with Gasteiger partial charge in [-0.25, -0.2) is 9.59 Å². The number of nitrogens with one attached hydrogen (secondary N) is 3. The summed E-state index contributed by atoms with van der Waals surface area (Å²) in [5.41, 5.74) is 9.52. The number of rotatable bonds is 16. The number of carbonyl (C=O) groups excluding carboxylic acids is 3. The molecular weight excluding hydrogens is 747 g/mol. The number of aliphatic hydroxyl groups excluding tert-OH is 1. The molecule has 314 valence electrons. The second-order valence-corrected chi connectivity index (χ2v) is 17.6. The summed E-state index contributed by atoms with van der Waals surface area (Å²) >= 11 is 0. The van der Waals surface area contributed by atoms with E-state index in [-0.39, 0.29) is 18.9 Å². The van der Waals surface area contributed by atoms with Crippen LogP contribution in [0.5, 0.6) is 0 Å². The Morgan fingerprint density at radius 1 is 0.763 bits per heavy atom. The number of pyridine rings is 1. The maximum atomic E-state index is 14.6. The van der Waals surface area contributed by atoms with Gasteiger partial charge in [0.1, 0.15) is 12.1 Å². The molecule has 5 atom stereocenters. The maximum Gasteiger partial charge on any atom is 0.405 e. The van der Waals surface area contributed by atoms with Gasteiger partial charge in [0.2, 0.25) is 11.8 Å². The number of carbonyl (C=O) groups is 4. The van der Waals surface area contributed by atoms with E-state index < -0.39 is 59.0 Å². The van der Waals surface area contributed by atoms with Gasteiger partial charge in [-0.3, -0.25) is 14.6 Å². The molecule has 0 aliphatic carbocycles. The summed E-state index contributed by atoms with van der Waals surface area (Å²) in [6.45, 7) is 12.2. The molecule has 5 rings (SSSR count). The molecule has 4 aromatic rings. The molecule has 7 N–H and O–H groups in total. The lowest BCUT2D eigenvalue weighted by Crippen LogP contribution is -2.59. The molecule has 1 aliphatic rings. The number of aliphatic hydroxyl groups is 1. The highest BCUT2D eigenvalue weighted by atomic mass is 16.4. The first-order valence-electron chi connectivity index (χ1n) is 20.1. The molecule has 0 unspecified atom stereocenters. The van der Waals surface area contributed by atoms with E-state index in [0.717, 1.165) is 27.9 Å². The third kappa shape index (κ3) is 12.3. The molecule has 1 fully saturated rings. The number of hydrogen-bond acceptors (Lipinski definition) is 7. The number of hydrogen-bond donors (Lipinski definition) is 6. The van der Waals surface area contributed by atoms with Gasteiger partial charge in [-0.15, -0.1) is 0 Å². The summed E-state index contributed by atoms with van der Waals surface area (Å²) < 4.78 is 0. The minimum absolute atomic E-state index is 0.0201. The molecule has 2 heterocycles. The van der Waals surface area contributed by atoms with Gasteiger partial charge >= 0.3 is 12.1 Å². The van der Waals surface area contributed by atoms with Crippen molar-refractivity contribution < 1.29 is 29.4 Å². The Morgan fingerprint density at radius 3 is 2.03 bits per heavy atom. The Morgan fingerprint density at radius 2 is 1.42 bits per heavy atom. The van der Waals surface area contributed by atoms with Gasteiger partial charge in [-0.2, -0.15) is 0 Å². The summed E-state index contributed by atoms with van der Waals surface area (Å²) in [4.78, 5) is 61.9. The minimum atomic E-state index is -1.33. The fourth-order valence-electron chi connectivity index (χ4n) is 7.68. The second-order valence-electron chi connectivity index (χ2n) is 17.6. The van der Waals surface area contributed by atoms with E-state index in [0.29, 0.717) is 31.7 Å². The average molecular weight is 806 g/mol. The molecule has 0 spiro atoms. The molecule has 1 saturated heterocycles. The lowest BCUT2D eigenvalue weighted by Gasteiger charge is -2.38. The van der Waals surface area contributed by atoms with Crippen LogP contribution >= 0.6 is 0 Å². The van der Waals surface area contributed by atoms with Gasteiger partial charge in [0.05, 0.1) is 17.8 Å². The van der Waals surface area contributed by atoms with Gasteiger partial charge in [-0.05, 0) is 71.0 Å². The molecule has 3 aromatic carbocycles. The van der Waals surface area contributed by atoms with E-state index in [1.54, 1.807) is 42.8 Å². The summed E-state index contributed by atoms with van der Waals surface area (Å²) in [7, 11) is 0. The highest BCUT2D eigenvalue weighted by Crippen LogP contribution is 2.30. The Labute approximate surface area is 347 Å². The van der Waals surface area contributed by atoms with Crippen molar-refractivity contribution in [2.75, 3.05) is 18.8 Å². The van der Waals surface area contributed by atoms with Crippen LogP contribution in [0.4, 0.5) is 15.3 Å². The Hall–Kier alpha value is -5.95. The third-order valence-electron chi connectivity index (χ3n) is 10.6. The first kappa shape index (κ1) is 44.2. The van der Waals surface area contributed by atoms with E-state index in [1.165, 1.54) is 0 Å². The zero-order valence-electron chi connectivity index (χ0n) is 34.9. The predicted molar refractivity (Wildman–Crippen MR) is 229 cm³/mol. The number of nitrogens with zero attached hydrogens (tertiary/aromatic N) is 3. The van der Waals surface area contributed by atoms with Crippen molar-refractivity contribution in [3.63, 3.8) is 0 Å². The van der Waals surface area contributed by atoms with Crippen LogP contribution in [0.15, 0.2) is 103 Å². The molecule has 1 aromatic heterocycles. The normalized spacial score (nSPS) is 15.8. The number of urea groups is 1. The van der Waals surface area contributed by atoms with Gasteiger partial charge in [0.15, 0.2) is 0 Å². The van der Waals surface area contributed by atoms with Gasteiger partial charge in [0, 0.05) is 43.1 Å². The number of nitrogens with two attached hydrogens (primary N) is 1. The number of aromatic nitrogens is 1. The smallest absolute Gasteiger partial charge is 0.405 e. The Bertz CT molecular complexity index is 2030. The van der Waals surface area contributed by atoms with Gasteiger partial charge in [-0.1, -0.05) is 114 Å². The van der Waals surface area contributed by atoms with Crippen molar-refractivity contribution in [3.8, 4) is 11.3 Å². The molecule has 0 bridgehead atoms. The highest BCUT2D eigenvalue weighted by molar-refractivity contribution is 5.89. The Kier molecular flexibility index (Phi) is 14.4. The molecule has 1 aliphatic heterocycles. The van der Waals surface area contributed by atoms with E-state index in [1.807, 2.05) is 112 Å². The van der Waals surface area contributed by atoms with Crippen molar-refractivity contribution >= 4 is 29.6 Å². The van der Waals surface area contributed by atoms with Crippen molar-refractivity contribution in [1.82, 2.24) is 30.7 Å². The maximum absolute atomic E-state index is 14.6. The van der Waals surface area contributed by atoms with Gasteiger partial charge in [0.25, 0.3) is 0 Å². The molecule has 13 heteroatoms. The summed E-state index contributed by atoms with van der Waals surface area (Å²) in [5.74, 6) is -0.935. The van der Waals surface area contributed by atoms with Crippen molar-refractivity contribution in [2.45, 2.75) is 97.6 Å². The van der Waals surface area contributed by atoms with Crippen molar-refractivity contribution in [2.24, 2.45) is 10.8 Å². The Balaban J connectivity index is 1.41. The molecular formula is C46H59N7O6. The fourth-order valence-corrected chi connectivity index (χ4v) is 7.68. The van der Waals surface area contributed by atoms with Crippen LogP contribution in [0.1, 0.15) is 64.7 Å². The number of amides is 5. The van der Waals surface area contributed by atoms with Crippen LogP contribution < -0.4 is 21.7 Å². The molecule has 5 amide bonds. The van der Waals surface area contributed by atoms with Crippen LogP contribution in [0, 0.1) is 10.8 Å². The monoisotopic (exact) mass is 805 g/mol. The van der Waals surface area contributed by atoms with E-state index in [9.17, 15) is 29.4 Å². The lowest BCUT2D eigenvalue weighted by atomic mass is 9.84. The van der Waals surface area contributed by atoms with Gasteiger partial charge < -0.3 is 41.7 Å². The predicted octanol–water partition coefficient (Wildman–Crippen LogP) is 5.87. The van der Waals surface area contributed by atoms with Crippen molar-refractivity contribution in [1.29, 1.82) is 0 Å². The molecule has 0 saturated carbocycles. The van der Waals surface area contributed by atoms with E-state index in [4.69, 9.17) is 5.73 Å². The highest BCUT2D eigenvalue weighted by Gasteiger charge is 2.44. The van der Waals surface area contributed by atoms with Crippen LogP contribution in [0.25, 0.3) is 11.3 Å².